The molecule has 0 bridgehead atoms. The van der Waals surface area contributed by atoms with Gasteiger partial charge in [-0.2, -0.15) is 0 Å². The molecule has 3 nitrogen and oxygen atoms in total. The van der Waals surface area contributed by atoms with Crippen LogP contribution in [0.4, 0.5) is 0 Å². The van der Waals surface area contributed by atoms with Crippen molar-refractivity contribution in [1.82, 2.24) is 0 Å². The molecular weight excluding hydrogens is 372 g/mol. The normalized spacial score (nSPS) is 45.2. The lowest BCUT2D eigenvalue weighted by atomic mass is 9.46. The topological polar surface area (TPSA) is 57.5 Å². The molecule has 0 radical (unpaired) electrons. The Labute approximate surface area is 183 Å². The molecule has 0 amide bonds. The van der Waals surface area contributed by atoms with Gasteiger partial charge in [-0.1, -0.05) is 39.3 Å². The van der Waals surface area contributed by atoms with Gasteiger partial charge < -0.3 is 10.2 Å². The Hall–Kier alpha value is -0.670. The van der Waals surface area contributed by atoms with Gasteiger partial charge in [-0.05, 0) is 98.7 Å². The van der Waals surface area contributed by atoms with Gasteiger partial charge in [0, 0.05) is 12.8 Å². The molecule has 3 heteroatoms. The van der Waals surface area contributed by atoms with Gasteiger partial charge in [0.2, 0.25) is 0 Å². The quantitative estimate of drug-likeness (QED) is 0.567. The highest BCUT2D eigenvalue weighted by Gasteiger charge is 2.61. The fourth-order valence-corrected chi connectivity index (χ4v) is 8.71. The molecule has 0 spiro atoms. The molecule has 4 rings (SSSR count). The van der Waals surface area contributed by atoms with Gasteiger partial charge in [0.15, 0.2) is 0 Å². The maximum atomic E-state index is 12.6. The van der Waals surface area contributed by atoms with Gasteiger partial charge in [0.1, 0.15) is 5.78 Å². The van der Waals surface area contributed by atoms with Gasteiger partial charge >= 0.3 is 0 Å². The molecule has 8 atom stereocenters. The lowest BCUT2D eigenvalue weighted by Gasteiger charge is -2.58. The summed E-state index contributed by atoms with van der Waals surface area (Å²) in [6, 6.07) is 0. The summed E-state index contributed by atoms with van der Waals surface area (Å²) in [4.78, 5) is 12.6. The number of ketones is 1. The average molecular weight is 417 g/mol. The number of carbonyl (C=O) groups excluding carboxylic acids is 1. The predicted molar refractivity (Wildman–Crippen MR) is 121 cm³/mol. The van der Waals surface area contributed by atoms with E-state index in [2.05, 4.69) is 33.8 Å². The highest BCUT2D eigenvalue weighted by Crippen LogP contribution is 2.67. The summed E-state index contributed by atoms with van der Waals surface area (Å²) in [5.41, 5.74) is 1.03. The van der Waals surface area contributed by atoms with E-state index in [9.17, 15) is 15.0 Å². The zero-order valence-corrected chi connectivity index (χ0v) is 19.9. The second-order valence-electron chi connectivity index (χ2n) is 12.5. The summed E-state index contributed by atoms with van der Waals surface area (Å²) in [5.74, 6) is 2.85. The van der Waals surface area contributed by atoms with E-state index in [4.69, 9.17) is 0 Å². The number of allylic oxidation sites excluding steroid dienone is 1. The SMILES string of the molecule is CC(C)CC(=O)C[C@](C)(O)[C@H]1CC[C@H]2[C@@H]3CC=C4C[C@@H](O)CC[C@]4(C)[C@H]3CC[C@@]21C. The van der Waals surface area contributed by atoms with E-state index in [0.717, 1.165) is 32.1 Å². The Balaban J connectivity index is 1.55. The second-order valence-corrected chi connectivity index (χ2v) is 12.5. The molecule has 170 valence electrons. The lowest BCUT2D eigenvalue weighted by Crippen LogP contribution is -2.53. The number of hydrogen-bond acceptors (Lipinski definition) is 3. The number of fused-ring (bicyclic) bond motifs is 5. The average Bonchev–Trinajstić information content (AvgIpc) is 2.99. The third-order valence-corrected chi connectivity index (χ3v) is 10.0. The minimum atomic E-state index is -0.892. The summed E-state index contributed by atoms with van der Waals surface area (Å²) < 4.78 is 0. The maximum absolute atomic E-state index is 12.6. The predicted octanol–water partition coefficient (Wildman–Crippen LogP) is 5.68. The first-order valence-electron chi connectivity index (χ1n) is 12.6. The van der Waals surface area contributed by atoms with Crippen LogP contribution in [0.1, 0.15) is 98.8 Å². The van der Waals surface area contributed by atoms with Crippen LogP contribution in [0, 0.1) is 40.4 Å². The number of aliphatic hydroxyl groups is 2. The lowest BCUT2D eigenvalue weighted by molar-refractivity contribution is -0.133. The van der Waals surface area contributed by atoms with Crippen molar-refractivity contribution in [1.29, 1.82) is 0 Å². The van der Waals surface area contributed by atoms with Crippen molar-refractivity contribution in [3.8, 4) is 0 Å². The van der Waals surface area contributed by atoms with E-state index in [1.807, 2.05) is 6.92 Å². The monoisotopic (exact) mass is 416 g/mol. The molecule has 0 saturated heterocycles. The van der Waals surface area contributed by atoms with Crippen molar-refractivity contribution in [2.45, 2.75) is 111 Å². The van der Waals surface area contributed by atoms with Crippen LogP contribution in [-0.4, -0.2) is 27.7 Å². The second kappa shape index (κ2) is 7.73. The van der Waals surface area contributed by atoms with Gasteiger partial charge in [0.25, 0.3) is 0 Å². The van der Waals surface area contributed by atoms with E-state index < -0.39 is 5.60 Å². The fourth-order valence-electron chi connectivity index (χ4n) is 8.71. The van der Waals surface area contributed by atoms with Crippen LogP contribution in [0.3, 0.4) is 0 Å². The van der Waals surface area contributed by atoms with E-state index >= 15 is 0 Å². The fraction of sp³-hybridized carbons (Fsp3) is 0.889. The van der Waals surface area contributed by atoms with Crippen molar-refractivity contribution < 1.29 is 15.0 Å². The molecule has 0 aromatic carbocycles. The Morgan fingerprint density at radius 3 is 2.60 bits per heavy atom. The summed E-state index contributed by atoms with van der Waals surface area (Å²) in [7, 11) is 0. The Kier molecular flexibility index (Phi) is 5.80. The molecule has 0 aromatic heterocycles. The highest BCUT2D eigenvalue weighted by atomic mass is 16.3. The summed E-state index contributed by atoms with van der Waals surface area (Å²) >= 11 is 0. The zero-order valence-electron chi connectivity index (χ0n) is 19.9. The number of hydrogen-bond donors (Lipinski definition) is 2. The molecule has 2 N–H and O–H groups in total. The highest BCUT2D eigenvalue weighted by molar-refractivity contribution is 5.79. The van der Waals surface area contributed by atoms with Crippen LogP contribution >= 0.6 is 0 Å². The zero-order chi connectivity index (χ0) is 21.9. The van der Waals surface area contributed by atoms with Crippen LogP contribution in [0.15, 0.2) is 11.6 Å². The van der Waals surface area contributed by atoms with Gasteiger partial charge in [0.05, 0.1) is 11.7 Å². The molecule has 3 fully saturated rings. The van der Waals surface area contributed by atoms with Gasteiger partial charge in [-0.3, -0.25) is 4.79 Å². The van der Waals surface area contributed by atoms with Crippen LogP contribution in [0.5, 0.6) is 0 Å². The minimum absolute atomic E-state index is 0.138. The van der Waals surface area contributed by atoms with E-state index in [0.29, 0.717) is 36.5 Å². The number of rotatable bonds is 5. The molecule has 4 aliphatic rings. The van der Waals surface area contributed by atoms with Crippen molar-refractivity contribution in [3.05, 3.63) is 11.6 Å². The standard InChI is InChI=1S/C27H44O3/c1-17(2)14-20(29)16-27(5,30)24-9-8-22-21-7-6-18-15-19(28)10-12-25(18,3)23(21)11-13-26(22,24)4/h6,17,19,21-24,28,30H,7-16H2,1-5H3/t19-,21-,22-,23-,24-,25-,26-,27-/m0/s1. The number of Topliss-reactive ketones (excluding diaryl/α,β-unsaturated/α-hetero) is 1. The largest absolute Gasteiger partial charge is 0.393 e. The van der Waals surface area contributed by atoms with E-state index in [1.54, 1.807) is 0 Å². The van der Waals surface area contributed by atoms with Crippen LogP contribution < -0.4 is 0 Å². The maximum Gasteiger partial charge on any atom is 0.136 e. The van der Waals surface area contributed by atoms with Crippen molar-refractivity contribution in [2.24, 2.45) is 40.4 Å². The summed E-state index contributed by atoms with van der Waals surface area (Å²) in [6.45, 7) is 11.0. The van der Waals surface area contributed by atoms with Crippen molar-refractivity contribution in [3.63, 3.8) is 0 Å². The molecule has 30 heavy (non-hydrogen) atoms. The molecular formula is C27H44O3. The van der Waals surface area contributed by atoms with Gasteiger partial charge in [-0.15, -0.1) is 0 Å². The molecule has 4 aliphatic carbocycles. The first-order chi connectivity index (χ1) is 14.0. The third kappa shape index (κ3) is 3.62. The summed E-state index contributed by atoms with van der Waals surface area (Å²) in [5, 5.41) is 21.7. The molecule has 0 aliphatic heterocycles. The van der Waals surface area contributed by atoms with Gasteiger partial charge in [-0.25, -0.2) is 0 Å². The van der Waals surface area contributed by atoms with Crippen LogP contribution in [0.25, 0.3) is 0 Å². The Morgan fingerprint density at radius 2 is 1.90 bits per heavy atom. The minimum Gasteiger partial charge on any atom is -0.393 e. The van der Waals surface area contributed by atoms with E-state index in [-0.39, 0.29) is 28.6 Å². The first-order valence-corrected chi connectivity index (χ1v) is 12.6. The Bertz CT molecular complexity index is 707. The Morgan fingerprint density at radius 1 is 1.17 bits per heavy atom. The van der Waals surface area contributed by atoms with Crippen molar-refractivity contribution in [2.75, 3.05) is 0 Å². The van der Waals surface area contributed by atoms with Crippen LogP contribution in [-0.2, 0) is 4.79 Å². The molecule has 0 heterocycles. The molecule has 0 aromatic rings. The first kappa shape index (κ1) is 22.5. The smallest absolute Gasteiger partial charge is 0.136 e. The summed E-state index contributed by atoms with van der Waals surface area (Å²) in [6.07, 6.45) is 11.9. The van der Waals surface area contributed by atoms with Crippen LogP contribution in [0.2, 0.25) is 0 Å². The third-order valence-electron chi connectivity index (χ3n) is 10.0. The number of aliphatic hydroxyl groups excluding tert-OH is 1. The number of carbonyl (C=O) groups is 1. The molecule has 3 saturated carbocycles. The van der Waals surface area contributed by atoms with Crippen molar-refractivity contribution >= 4 is 5.78 Å². The molecule has 0 unspecified atom stereocenters. The van der Waals surface area contributed by atoms with E-state index in [1.165, 1.54) is 24.8 Å².